The van der Waals surface area contributed by atoms with Crippen LogP contribution in [-0.2, 0) is 18.3 Å². The average molecular weight is 385 g/mol. The van der Waals surface area contributed by atoms with Crippen molar-refractivity contribution >= 4 is 5.91 Å². The number of rotatable bonds is 1. The van der Waals surface area contributed by atoms with Crippen molar-refractivity contribution in [2.24, 2.45) is 0 Å². The predicted molar refractivity (Wildman–Crippen MR) is 107 cm³/mol. The quantitative estimate of drug-likeness (QED) is 0.657. The highest BCUT2D eigenvalue weighted by Crippen LogP contribution is 2.67. The number of aromatic amines is 1. The van der Waals surface area contributed by atoms with Crippen molar-refractivity contribution in [3.05, 3.63) is 64.7 Å². The first-order valence-corrected chi connectivity index (χ1v) is 10.4. The minimum absolute atomic E-state index is 0.00166. The van der Waals surface area contributed by atoms with Crippen molar-refractivity contribution in [1.29, 1.82) is 0 Å². The smallest absolute Gasteiger partial charge is 0.253 e. The Morgan fingerprint density at radius 1 is 1.07 bits per heavy atom. The zero-order valence-electron chi connectivity index (χ0n) is 15.9. The number of fused-ring (bicyclic) bond motifs is 7. The fraction of sp³-hybridized carbons (Fsp3) is 0.333. The number of aromatic nitrogens is 2. The maximum absolute atomic E-state index is 13.7. The Kier molecular flexibility index (Phi) is 2.72. The van der Waals surface area contributed by atoms with E-state index in [1.165, 1.54) is 23.4 Å². The first-order chi connectivity index (χ1) is 14.1. The normalized spacial score (nSPS) is 21.3. The number of hydrogen-bond donors (Lipinski definition) is 2. The number of hydrogen-bond acceptors (Lipinski definition) is 2. The zero-order valence-corrected chi connectivity index (χ0v) is 15.9. The van der Waals surface area contributed by atoms with E-state index in [0.717, 1.165) is 72.2 Å². The largest absolute Gasteiger partial charge is 0.357 e. The molecule has 2 aromatic heterocycles. The van der Waals surface area contributed by atoms with Gasteiger partial charge in [-0.2, -0.15) is 0 Å². The van der Waals surface area contributed by atoms with Gasteiger partial charge in [0.1, 0.15) is 5.82 Å². The molecular formula is C24H20FN3O. The van der Waals surface area contributed by atoms with Crippen molar-refractivity contribution in [3.63, 3.8) is 0 Å². The van der Waals surface area contributed by atoms with Gasteiger partial charge >= 0.3 is 0 Å². The molecule has 29 heavy (non-hydrogen) atoms. The van der Waals surface area contributed by atoms with E-state index in [2.05, 4.69) is 21.4 Å². The van der Waals surface area contributed by atoms with Gasteiger partial charge in [-0.1, -0.05) is 12.1 Å². The molecule has 2 spiro atoms. The molecule has 0 radical (unpaired) electrons. The Hall–Kier alpha value is -2.95. The minimum atomic E-state index is -0.264. The van der Waals surface area contributed by atoms with Crippen LogP contribution in [0.4, 0.5) is 4.39 Å². The number of aryl methyl sites for hydroxylation is 1. The summed E-state index contributed by atoms with van der Waals surface area (Å²) < 4.78 is 13.7. The van der Waals surface area contributed by atoms with Gasteiger partial charge < -0.3 is 10.3 Å². The van der Waals surface area contributed by atoms with Crippen LogP contribution in [0.2, 0.25) is 0 Å². The topological polar surface area (TPSA) is 57.8 Å². The molecule has 0 bridgehead atoms. The molecule has 7 rings (SSSR count). The summed E-state index contributed by atoms with van der Waals surface area (Å²) in [6.07, 6.45) is 8.11. The number of carbonyl (C=O) groups excluding carboxylic acids is 1. The summed E-state index contributed by atoms with van der Waals surface area (Å²) in [5.74, 6) is -0.171. The van der Waals surface area contributed by atoms with Crippen LogP contribution in [0, 0.1) is 5.82 Å². The maximum atomic E-state index is 13.7. The molecule has 1 aliphatic heterocycles. The molecule has 2 N–H and O–H groups in total. The fourth-order valence-corrected chi connectivity index (χ4v) is 5.83. The van der Waals surface area contributed by atoms with Gasteiger partial charge in [-0.05, 0) is 67.9 Å². The highest BCUT2D eigenvalue weighted by molar-refractivity contribution is 6.02. The molecule has 0 unspecified atom stereocenters. The third-order valence-corrected chi connectivity index (χ3v) is 7.60. The number of nitrogens with zero attached hydrogens (tertiary/aromatic N) is 1. The second kappa shape index (κ2) is 4.96. The Morgan fingerprint density at radius 2 is 1.93 bits per heavy atom. The molecule has 4 aliphatic rings. The molecule has 3 heterocycles. The van der Waals surface area contributed by atoms with E-state index in [1.54, 1.807) is 6.07 Å². The van der Waals surface area contributed by atoms with Crippen LogP contribution in [0.1, 0.15) is 52.9 Å². The molecule has 1 aromatic carbocycles. The number of nitrogens with one attached hydrogen (secondary N) is 2. The minimum Gasteiger partial charge on any atom is -0.357 e. The molecule has 5 heteroatoms. The fourth-order valence-electron chi connectivity index (χ4n) is 5.83. The highest BCUT2D eigenvalue weighted by atomic mass is 19.1. The van der Waals surface area contributed by atoms with Crippen LogP contribution in [0.5, 0.6) is 0 Å². The monoisotopic (exact) mass is 385 g/mol. The number of pyridine rings is 1. The Balaban J connectivity index is 1.42. The molecule has 144 valence electrons. The van der Waals surface area contributed by atoms with Gasteiger partial charge in [-0.3, -0.25) is 9.78 Å². The standard InChI is InChI=1S/C24H20FN3O/c25-15-3-1-2-13(10-15)18-11-17-14(12-26-18)4-5-16-19-21(27-20(16)17)23(6-7-23)24(8-9-24)28-22(19)29/h1-3,10-12,27H,4-9H2,(H,28,29). The Morgan fingerprint density at radius 3 is 2.69 bits per heavy atom. The summed E-state index contributed by atoms with van der Waals surface area (Å²) in [6, 6.07) is 8.60. The van der Waals surface area contributed by atoms with Crippen molar-refractivity contribution in [1.82, 2.24) is 15.3 Å². The van der Waals surface area contributed by atoms with Crippen LogP contribution >= 0.6 is 0 Å². The molecule has 1 amide bonds. The lowest BCUT2D eigenvalue weighted by Crippen LogP contribution is -2.51. The maximum Gasteiger partial charge on any atom is 0.253 e. The average Bonchev–Trinajstić information content (AvgIpc) is 3.64. The number of benzene rings is 1. The summed E-state index contributed by atoms with van der Waals surface area (Å²) in [5, 5.41) is 3.37. The van der Waals surface area contributed by atoms with E-state index in [0.29, 0.717) is 0 Å². The van der Waals surface area contributed by atoms with Crippen molar-refractivity contribution in [3.8, 4) is 22.5 Å². The lowest BCUT2D eigenvalue weighted by atomic mass is 9.81. The van der Waals surface area contributed by atoms with Gasteiger partial charge in [0.15, 0.2) is 0 Å². The lowest BCUT2D eigenvalue weighted by Gasteiger charge is -2.33. The van der Waals surface area contributed by atoms with Crippen LogP contribution in [0.3, 0.4) is 0 Å². The molecule has 2 fully saturated rings. The zero-order chi connectivity index (χ0) is 19.4. The van der Waals surface area contributed by atoms with Gasteiger partial charge in [0.05, 0.1) is 22.5 Å². The summed E-state index contributed by atoms with van der Waals surface area (Å²) >= 11 is 0. The second-order valence-electron chi connectivity index (χ2n) is 9.08. The van der Waals surface area contributed by atoms with Crippen molar-refractivity contribution < 1.29 is 9.18 Å². The van der Waals surface area contributed by atoms with Crippen LogP contribution < -0.4 is 5.32 Å². The SMILES string of the molecule is O=C1NC2(CC2)C2(CC2)c2[nH]c3c(c21)CCc1cnc(-c2cccc(F)c2)cc1-3. The van der Waals surface area contributed by atoms with Crippen LogP contribution in [-0.4, -0.2) is 21.4 Å². The van der Waals surface area contributed by atoms with E-state index in [4.69, 9.17) is 0 Å². The van der Waals surface area contributed by atoms with Gasteiger partial charge in [0, 0.05) is 28.4 Å². The van der Waals surface area contributed by atoms with Crippen molar-refractivity contribution in [2.45, 2.75) is 49.5 Å². The summed E-state index contributed by atoms with van der Waals surface area (Å²) in [7, 11) is 0. The number of H-pyrrole nitrogens is 1. The number of amides is 1. The van der Waals surface area contributed by atoms with E-state index < -0.39 is 0 Å². The number of halogens is 1. The third-order valence-electron chi connectivity index (χ3n) is 7.60. The summed E-state index contributed by atoms with van der Waals surface area (Å²) in [6.45, 7) is 0. The number of carbonyl (C=O) groups is 1. The van der Waals surface area contributed by atoms with Crippen LogP contribution in [0.25, 0.3) is 22.5 Å². The lowest BCUT2D eigenvalue weighted by molar-refractivity contribution is 0.0898. The highest BCUT2D eigenvalue weighted by Gasteiger charge is 2.70. The van der Waals surface area contributed by atoms with E-state index in [9.17, 15) is 9.18 Å². The second-order valence-corrected chi connectivity index (χ2v) is 9.08. The Bertz CT molecular complexity index is 1230. The van der Waals surface area contributed by atoms with Gasteiger partial charge in [-0.25, -0.2) is 4.39 Å². The molecule has 3 aromatic rings. The third kappa shape index (κ3) is 1.93. The van der Waals surface area contributed by atoms with E-state index in [1.807, 2.05) is 12.3 Å². The van der Waals surface area contributed by atoms with E-state index in [-0.39, 0.29) is 22.7 Å². The first-order valence-electron chi connectivity index (χ1n) is 10.4. The molecule has 3 aliphatic carbocycles. The Labute approximate surface area is 167 Å². The van der Waals surface area contributed by atoms with Crippen molar-refractivity contribution in [2.75, 3.05) is 0 Å². The van der Waals surface area contributed by atoms with Gasteiger partial charge in [-0.15, -0.1) is 0 Å². The predicted octanol–water partition coefficient (Wildman–Crippen LogP) is 4.29. The molecular weight excluding hydrogens is 365 g/mol. The molecule has 4 nitrogen and oxygen atoms in total. The van der Waals surface area contributed by atoms with Crippen LogP contribution in [0.15, 0.2) is 36.5 Å². The van der Waals surface area contributed by atoms with Gasteiger partial charge in [0.25, 0.3) is 5.91 Å². The molecule has 0 atom stereocenters. The summed E-state index contributed by atoms with van der Waals surface area (Å²) in [5.41, 5.74) is 8.19. The molecule has 2 saturated carbocycles. The first kappa shape index (κ1) is 15.9. The van der Waals surface area contributed by atoms with Gasteiger partial charge in [0.2, 0.25) is 0 Å². The van der Waals surface area contributed by atoms with E-state index >= 15 is 0 Å². The summed E-state index contributed by atoms with van der Waals surface area (Å²) in [4.78, 5) is 21.3. The molecule has 0 saturated heterocycles.